The first-order chi connectivity index (χ1) is 13.8. The van der Waals surface area contributed by atoms with Gasteiger partial charge in [-0.05, 0) is 62.5 Å². The molecular formula is C22H25N3O4. The standard InChI is InChI=1S/C22H25N3O4/c1-14-13-16(29-4)5-6-17(14)20(26)18-19(15-7-9-23-10-8-15)25(12-11-24(2)3)22(28)21(18)27/h5-10,13,19,26H,11-12H2,1-4H3/b20-18-. The largest absolute Gasteiger partial charge is 0.507 e. The number of aliphatic hydroxyl groups is 1. The van der Waals surface area contributed by atoms with E-state index in [9.17, 15) is 14.7 Å². The highest BCUT2D eigenvalue weighted by molar-refractivity contribution is 6.46. The van der Waals surface area contributed by atoms with Crippen LogP contribution < -0.4 is 4.74 Å². The van der Waals surface area contributed by atoms with E-state index in [0.29, 0.717) is 24.4 Å². The van der Waals surface area contributed by atoms with Crippen molar-refractivity contribution in [3.8, 4) is 5.75 Å². The van der Waals surface area contributed by atoms with Gasteiger partial charge in [0.25, 0.3) is 11.7 Å². The first-order valence-corrected chi connectivity index (χ1v) is 9.33. The van der Waals surface area contributed by atoms with Gasteiger partial charge in [0.15, 0.2) is 0 Å². The zero-order chi connectivity index (χ0) is 21.1. The number of likely N-dealkylation sites (tertiary alicyclic amines) is 1. The van der Waals surface area contributed by atoms with Gasteiger partial charge in [-0.2, -0.15) is 0 Å². The van der Waals surface area contributed by atoms with Crippen LogP contribution in [0.4, 0.5) is 0 Å². The van der Waals surface area contributed by atoms with Gasteiger partial charge in [0.05, 0.1) is 18.7 Å². The Morgan fingerprint density at radius 1 is 1.21 bits per heavy atom. The van der Waals surface area contributed by atoms with Crippen LogP contribution in [0.3, 0.4) is 0 Å². The maximum absolute atomic E-state index is 12.9. The second-order valence-corrected chi connectivity index (χ2v) is 7.26. The highest BCUT2D eigenvalue weighted by atomic mass is 16.5. The molecule has 1 saturated heterocycles. The maximum Gasteiger partial charge on any atom is 0.295 e. The topological polar surface area (TPSA) is 83.0 Å². The molecule has 1 N–H and O–H groups in total. The number of aromatic nitrogens is 1. The minimum atomic E-state index is -0.682. The third-order valence-corrected chi connectivity index (χ3v) is 5.04. The molecule has 0 radical (unpaired) electrons. The van der Waals surface area contributed by atoms with Crippen LogP contribution in [0.2, 0.25) is 0 Å². The van der Waals surface area contributed by atoms with Crippen LogP contribution in [0.1, 0.15) is 22.7 Å². The van der Waals surface area contributed by atoms with Gasteiger partial charge in [-0.3, -0.25) is 14.6 Å². The predicted octanol–water partition coefficient (Wildman–Crippen LogP) is 2.38. The molecule has 1 amide bonds. The Kier molecular flexibility index (Phi) is 5.98. The van der Waals surface area contributed by atoms with E-state index in [1.54, 1.807) is 49.8 Å². The average Bonchev–Trinajstić information content (AvgIpc) is 2.97. The van der Waals surface area contributed by atoms with Gasteiger partial charge in [0.1, 0.15) is 11.5 Å². The van der Waals surface area contributed by atoms with Gasteiger partial charge >= 0.3 is 0 Å². The molecule has 1 aliphatic rings. The Hall–Kier alpha value is -3.19. The normalized spacial score (nSPS) is 18.5. The molecule has 1 aromatic carbocycles. The fraction of sp³-hybridized carbons (Fsp3) is 0.318. The lowest BCUT2D eigenvalue weighted by atomic mass is 9.94. The van der Waals surface area contributed by atoms with Crippen LogP contribution >= 0.6 is 0 Å². The number of ether oxygens (including phenoxy) is 1. The molecule has 0 spiro atoms. The molecular weight excluding hydrogens is 370 g/mol. The number of aryl methyl sites for hydroxylation is 1. The third-order valence-electron chi connectivity index (χ3n) is 5.04. The molecule has 7 heteroatoms. The number of carbonyl (C=O) groups excluding carboxylic acids is 2. The summed E-state index contributed by atoms with van der Waals surface area (Å²) in [5.74, 6) is -0.825. The molecule has 0 bridgehead atoms. The Morgan fingerprint density at radius 3 is 2.48 bits per heavy atom. The van der Waals surface area contributed by atoms with Crippen molar-refractivity contribution >= 4 is 17.4 Å². The zero-order valence-electron chi connectivity index (χ0n) is 17.0. The second kappa shape index (κ2) is 8.45. The van der Waals surface area contributed by atoms with E-state index in [-0.39, 0.29) is 11.3 Å². The number of Topliss-reactive ketones (excluding diaryl/α,β-unsaturated/α-hetero) is 1. The van der Waals surface area contributed by atoms with Crippen molar-refractivity contribution in [3.63, 3.8) is 0 Å². The summed E-state index contributed by atoms with van der Waals surface area (Å²) in [6, 6.07) is 8.03. The van der Waals surface area contributed by atoms with Crippen molar-refractivity contribution in [1.82, 2.24) is 14.8 Å². The molecule has 1 aromatic heterocycles. The Bertz CT molecular complexity index is 954. The summed E-state index contributed by atoms with van der Waals surface area (Å²) < 4.78 is 5.22. The Labute approximate surface area is 170 Å². The van der Waals surface area contributed by atoms with E-state index in [2.05, 4.69) is 4.98 Å². The fourth-order valence-corrected chi connectivity index (χ4v) is 3.48. The molecule has 3 rings (SSSR count). The van der Waals surface area contributed by atoms with Crippen LogP contribution in [0, 0.1) is 6.92 Å². The summed E-state index contributed by atoms with van der Waals surface area (Å²) in [6.07, 6.45) is 3.22. The lowest BCUT2D eigenvalue weighted by molar-refractivity contribution is -0.140. The maximum atomic E-state index is 12.9. The molecule has 2 aromatic rings. The number of ketones is 1. The first-order valence-electron chi connectivity index (χ1n) is 9.33. The number of likely N-dealkylation sites (N-methyl/N-ethyl adjacent to an activating group) is 1. The molecule has 1 aliphatic heterocycles. The smallest absolute Gasteiger partial charge is 0.295 e. The van der Waals surface area contributed by atoms with E-state index < -0.39 is 17.7 Å². The number of aliphatic hydroxyl groups excluding tert-OH is 1. The molecule has 29 heavy (non-hydrogen) atoms. The number of benzene rings is 1. The van der Waals surface area contributed by atoms with Gasteiger partial charge in [-0.25, -0.2) is 0 Å². The lowest BCUT2D eigenvalue weighted by Crippen LogP contribution is -2.35. The van der Waals surface area contributed by atoms with Crippen molar-refractivity contribution in [3.05, 3.63) is 65.0 Å². The van der Waals surface area contributed by atoms with Gasteiger partial charge in [-0.15, -0.1) is 0 Å². The Morgan fingerprint density at radius 2 is 1.90 bits per heavy atom. The molecule has 7 nitrogen and oxygen atoms in total. The summed E-state index contributed by atoms with van der Waals surface area (Å²) in [4.78, 5) is 33.2. The minimum Gasteiger partial charge on any atom is -0.507 e. The monoisotopic (exact) mass is 395 g/mol. The minimum absolute atomic E-state index is 0.0909. The summed E-state index contributed by atoms with van der Waals surface area (Å²) in [7, 11) is 5.37. The fourth-order valence-electron chi connectivity index (χ4n) is 3.48. The van der Waals surface area contributed by atoms with Crippen LogP contribution in [-0.2, 0) is 9.59 Å². The number of nitrogens with zero attached hydrogens (tertiary/aromatic N) is 3. The molecule has 2 heterocycles. The van der Waals surface area contributed by atoms with E-state index in [0.717, 1.165) is 11.1 Å². The summed E-state index contributed by atoms with van der Waals surface area (Å²) in [6.45, 7) is 2.78. The lowest BCUT2D eigenvalue weighted by Gasteiger charge is -2.26. The van der Waals surface area contributed by atoms with Crippen LogP contribution in [0.5, 0.6) is 5.75 Å². The van der Waals surface area contributed by atoms with Gasteiger partial charge in [0, 0.05) is 31.0 Å². The number of hydrogen-bond donors (Lipinski definition) is 1. The zero-order valence-corrected chi connectivity index (χ0v) is 17.0. The number of amides is 1. The number of pyridine rings is 1. The van der Waals surface area contributed by atoms with Crippen LogP contribution in [0.25, 0.3) is 5.76 Å². The molecule has 1 atom stereocenters. The molecule has 1 fully saturated rings. The SMILES string of the molecule is COc1ccc(/C(O)=C2/C(=O)C(=O)N(CCN(C)C)C2c2ccncc2)c(C)c1. The third kappa shape index (κ3) is 4.00. The molecule has 0 saturated carbocycles. The van der Waals surface area contributed by atoms with Crippen molar-refractivity contribution in [2.24, 2.45) is 0 Å². The molecule has 152 valence electrons. The summed E-state index contributed by atoms with van der Waals surface area (Å²) in [5.41, 5.74) is 2.06. The van der Waals surface area contributed by atoms with Gasteiger partial charge in [-0.1, -0.05) is 0 Å². The van der Waals surface area contributed by atoms with E-state index >= 15 is 0 Å². The highest BCUT2D eigenvalue weighted by Crippen LogP contribution is 2.39. The van der Waals surface area contributed by atoms with E-state index in [1.807, 2.05) is 25.9 Å². The first kappa shape index (κ1) is 20.5. The predicted molar refractivity (Wildman–Crippen MR) is 110 cm³/mol. The highest BCUT2D eigenvalue weighted by Gasteiger charge is 2.46. The van der Waals surface area contributed by atoms with Gasteiger partial charge < -0.3 is 19.6 Å². The molecule has 0 aliphatic carbocycles. The van der Waals surface area contributed by atoms with Crippen LogP contribution in [-0.4, -0.2) is 65.9 Å². The van der Waals surface area contributed by atoms with Crippen molar-refractivity contribution in [1.29, 1.82) is 0 Å². The number of carbonyl (C=O) groups is 2. The summed E-state index contributed by atoms with van der Waals surface area (Å²) in [5, 5.41) is 11.1. The number of methoxy groups -OCH3 is 1. The number of hydrogen-bond acceptors (Lipinski definition) is 6. The second-order valence-electron chi connectivity index (χ2n) is 7.26. The average molecular weight is 395 g/mol. The van der Waals surface area contributed by atoms with Crippen molar-refractivity contribution < 1.29 is 19.4 Å². The van der Waals surface area contributed by atoms with Gasteiger partial charge in [0.2, 0.25) is 0 Å². The van der Waals surface area contributed by atoms with E-state index in [1.165, 1.54) is 4.90 Å². The van der Waals surface area contributed by atoms with E-state index in [4.69, 9.17) is 4.74 Å². The molecule has 1 unspecified atom stereocenters. The Balaban J connectivity index is 2.15. The van der Waals surface area contributed by atoms with Crippen molar-refractivity contribution in [2.45, 2.75) is 13.0 Å². The van der Waals surface area contributed by atoms with Crippen molar-refractivity contribution in [2.75, 3.05) is 34.3 Å². The quantitative estimate of drug-likeness (QED) is 0.459. The summed E-state index contributed by atoms with van der Waals surface area (Å²) >= 11 is 0. The number of rotatable bonds is 6. The van der Waals surface area contributed by atoms with Crippen LogP contribution in [0.15, 0.2) is 48.3 Å².